The van der Waals surface area contributed by atoms with Crippen molar-refractivity contribution in [3.8, 4) is 0 Å². The number of nitrogens with two attached hydrogens (primary N) is 1. The van der Waals surface area contributed by atoms with Crippen LogP contribution in [0.15, 0.2) is 0 Å². The van der Waals surface area contributed by atoms with Crippen LogP contribution in [0, 0.1) is 0 Å². The first-order chi connectivity index (χ1) is 5.85. The van der Waals surface area contributed by atoms with Crippen LogP contribution in [0.25, 0.3) is 0 Å². The van der Waals surface area contributed by atoms with Crippen LogP contribution in [-0.4, -0.2) is 31.2 Å². The first-order valence-electron chi connectivity index (χ1n) is 5.03. The molecule has 4 N–H and O–H groups in total. The normalized spacial score (nSPS) is 36.8. The third-order valence-corrected chi connectivity index (χ3v) is 3.25. The molecule has 0 amide bonds. The van der Waals surface area contributed by atoms with Gasteiger partial charge in [-0.2, -0.15) is 0 Å². The maximum Gasteiger partial charge on any atom is 0.0444 e. The first kappa shape index (κ1) is 8.48. The van der Waals surface area contributed by atoms with Crippen molar-refractivity contribution in [2.75, 3.05) is 19.6 Å². The summed E-state index contributed by atoms with van der Waals surface area (Å²) < 4.78 is 0. The predicted octanol–water partition coefficient (Wildman–Crippen LogP) is -0.181. The highest BCUT2D eigenvalue weighted by molar-refractivity contribution is 4.99. The Morgan fingerprint density at radius 2 is 2.33 bits per heavy atom. The van der Waals surface area contributed by atoms with Gasteiger partial charge in [-0.1, -0.05) is 6.42 Å². The second kappa shape index (κ2) is 3.32. The van der Waals surface area contributed by atoms with E-state index in [0.29, 0.717) is 0 Å². The molecule has 0 spiro atoms. The Morgan fingerprint density at radius 3 is 2.75 bits per heavy atom. The van der Waals surface area contributed by atoms with Gasteiger partial charge in [-0.15, -0.1) is 0 Å². The minimum absolute atomic E-state index is 0.227. The minimum atomic E-state index is 0.227. The Kier molecular flexibility index (Phi) is 2.35. The summed E-state index contributed by atoms with van der Waals surface area (Å²) in [6.45, 7) is 2.95. The molecule has 2 fully saturated rings. The van der Waals surface area contributed by atoms with E-state index in [1.807, 2.05) is 0 Å². The highest BCUT2D eigenvalue weighted by atomic mass is 15.1. The number of rotatable bonds is 3. The van der Waals surface area contributed by atoms with Crippen molar-refractivity contribution >= 4 is 0 Å². The van der Waals surface area contributed by atoms with E-state index in [9.17, 15) is 0 Å². The Morgan fingerprint density at radius 1 is 1.50 bits per heavy atom. The van der Waals surface area contributed by atoms with Crippen LogP contribution in [-0.2, 0) is 0 Å². The molecule has 2 aliphatic rings. The maximum absolute atomic E-state index is 5.79. The molecule has 0 aromatic heterocycles. The van der Waals surface area contributed by atoms with Gasteiger partial charge in [0.25, 0.3) is 0 Å². The predicted molar refractivity (Wildman–Crippen MR) is 50.0 cm³/mol. The Labute approximate surface area is 74.1 Å². The zero-order valence-corrected chi connectivity index (χ0v) is 7.60. The summed E-state index contributed by atoms with van der Waals surface area (Å²) in [5.74, 6) is 0. The molecule has 1 unspecified atom stereocenters. The van der Waals surface area contributed by atoms with Crippen molar-refractivity contribution in [2.45, 2.75) is 37.3 Å². The molecule has 0 aromatic carbocycles. The van der Waals surface area contributed by atoms with Crippen molar-refractivity contribution in [1.29, 1.82) is 0 Å². The van der Waals surface area contributed by atoms with Gasteiger partial charge in [0.1, 0.15) is 0 Å². The third-order valence-electron chi connectivity index (χ3n) is 3.25. The van der Waals surface area contributed by atoms with Crippen molar-refractivity contribution in [1.82, 2.24) is 10.6 Å². The molecule has 1 aliphatic carbocycles. The average Bonchev–Trinajstić information content (AvgIpc) is 2.46. The largest absolute Gasteiger partial charge is 0.329 e. The summed E-state index contributed by atoms with van der Waals surface area (Å²) in [6, 6.07) is 0.758. The molecular formula is C9H19N3. The van der Waals surface area contributed by atoms with Crippen molar-refractivity contribution in [3.63, 3.8) is 0 Å². The Hall–Kier alpha value is -0.120. The zero-order valence-electron chi connectivity index (χ0n) is 7.60. The lowest BCUT2D eigenvalue weighted by Crippen LogP contribution is -2.58. The van der Waals surface area contributed by atoms with Gasteiger partial charge in [0, 0.05) is 24.7 Å². The van der Waals surface area contributed by atoms with Crippen LogP contribution in [0.2, 0.25) is 0 Å². The van der Waals surface area contributed by atoms with Gasteiger partial charge in [-0.25, -0.2) is 0 Å². The van der Waals surface area contributed by atoms with Crippen molar-refractivity contribution in [2.24, 2.45) is 5.73 Å². The molecule has 0 radical (unpaired) electrons. The van der Waals surface area contributed by atoms with Gasteiger partial charge in [0.05, 0.1) is 0 Å². The number of hydrogen-bond acceptors (Lipinski definition) is 3. The fourth-order valence-corrected chi connectivity index (χ4v) is 2.09. The fourth-order valence-electron chi connectivity index (χ4n) is 2.09. The topological polar surface area (TPSA) is 50.1 Å². The van der Waals surface area contributed by atoms with Crippen molar-refractivity contribution in [3.05, 3.63) is 0 Å². The average molecular weight is 169 g/mol. The smallest absolute Gasteiger partial charge is 0.0444 e. The van der Waals surface area contributed by atoms with Crippen LogP contribution in [0.1, 0.15) is 25.7 Å². The zero-order chi connectivity index (χ0) is 8.44. The van der Waals surface area contributed by atoms with Crippen LogP contribution >= 0.6 is 0 Å². The van der Waals surface area contributed by atoms with E-state index in [0.717, 1.165) is 25.7 Å². The lowest BCUT2D eigenvalue weighted by Gasteiger charge is -2.37. The van der Waals surface area contributed by atoms with Gasteiger partial charge in [0.2, 0.25) is 0 Å². The number of hydrogen-bond donors (Lipinski definition) is 3. The van der Waals surface area contributed by atoms with Crippen LogP contribution in [0.3, 0.4) is 0 Å². The van der Waals surface area contributed by atoms with Gasteiger partial charge in [-0.05, 0) is 25.8 Å². The SMILES string of the molecule is NCC1(NC2CCC2)CCNC1. The van der Waals surface area contributed by atoms with Gasteiger partial charge in [-0.3, -0.25) is 0 Å². The highest BCUT2D eigenvalue weighted by Crippen LogP contribution is 2.23. The fraction of sp³-hybridized carbons (Fsp3) is 1.00. The summed E-state index contributed by atoms with van der Waals surface area (Å²) in [6.07, 6.45) is 5.29. The molecule has 1 saturated heterocycles. The molecule has 1 aliphatic heterocycles. The molecule has 2 rings (SSSR count). The van der Waals surface area contributed by atoms with E-state index in [1.54, 1.807) is 0 Å². The Balaban J connectivity index is 1.87. The molecule has 1 atom stereocenters. The lowest BCUT2D eigenvalue weighted by atomic mass is 9.88. The van der Waals surface area contributed by atoms with Gasteiger partial charge >= 0.3 is 0 Å². The van der Waals surface area contributed by atoms with Crippen LogP contribution in [0.5, 0.6) is 0 Å². The summed E-state index contributed by atoms with van der Waals surface area (Å²) in [5.41, 5.74) is 6.02. The second-order valence-electron chi connectivity index (χ2n) is 4.18. The Bertz CT molecular complexity index is 148. The molecule has 3 nitrogen and oxygen atoms in total. The molecule has 0 bridgehead atoms. The lowest BCUT2D eigenvalue weighted by molar-refractivity contribution is 0.242. The maximum atomic E-state index is 5.79. The van der Waals surface area contributed by atoms with E-state index in [1.165, 1.54) is 25.7 Å². The highest BCUT2D eigenvalue weighted by Gasteiger charge is 2.35. The molecule has 12 heavy (non-hydrogen) atoms. The molecule has 70 valence electrons. The van der Waals surface area contributed by atoms with E-state index in [4.69, 9.17) is 5.73 Å². The molecule has 1 heterocycles. The third kappa shape index (κ3) is 1.49. The van der Waals surface area contributed by atoms with E-state index < -0.39 is 0 Å². The van der Waals surface area contributed by atoms with Gasteiger partial charge < -0.3 is 16.4 Å². The summed E-state index contributed by atoms with van der Waals surface area (Å²) in [4.78, 5) is 0. The summed E-state index contributed by atoms with van der Waals surface area (Å²) >= 11 is 0. The van der Waals surface area contributed by atoms with E-state index in [-0.39, 0.29) is 5.54 Å². The van der Waals surface area contributed by atoms with E-state index in [2.05, 4.69) is 10.6 Å². The van der Waals surface area contributed by atoms with E-state index >= 15 is 0 Å². The van der Waals surface area contributed by atoms with Crippen LogP contribution in [0.4, 0.5) is 0 Å². The summed E-state index contributed by atoms with van der Waals surface area (Å²) in [5, 5.41) is 7.07. The monoisotopic (exact) mass is 169 g/mol. The van der Waals surface area contributed by atoms with Crippen LogP contribution < -0.4 is 16.4 Å². The minimum Gasteiger partial charge on any atom is -0.329 e. The molecular weight excluding hydrogens is 150 g/mol. The molecule has 3 heteroatoms. The molecule has 0 aromatic rings. The first-order valence-corrected chi connectivity index (χ1v) is 5.03. The quantitative estimate of drug-likeness (QED) is 0.549. The standard InChI is InChI=1S/C9H19N3/c10-6-9(4-5-11-7-9)12-8-2-1-3-8/h8,11-12H,1-7,10H2. The molecule has 1 saturated carbocycles. The van der Waals surface area contributed by atoms with Crippen molar-refractivity contribution < 1.29 is 0 Å². The van der Waals surface area contributed by atoms with Gasteiger partial charge in [0.15, 0.2) is 0 Å². The summed E-state index contributed by atoms with van der Waals surface area (Å²) in [7, 11) is 0. The number of nitrogens with one attached hydrogen (secondary N) is 2. The second-order valence-corrected chi connectivity index (χ2v) is 4.18.